The number of halogens is 4. The van der Waals surface area contributed by atoms with E-state index in [1.54, 1.807) is 0 Å². The molecule has 0 saturated carbocycles. The molecule has 0 aliphatic carbocycles. The molecule has 0 atom stereocenters. The lowest BCUT2D eigenvalue weighted by Crippen LogP contribution is -2.02. The van der Waals surface area contributed by atoms with Gasteiger partial charge < -0.3 is 4.74 Å². The van der Waals surface area contributed by atoms with Crippen molar-refractivity contribution in [1.82, 2.24) is 0 Å². The monoisotopic (exact) mass is 316 g/mol. The molecule has 0 heterocycles. The molecule has 0 N–H and O–H groups in total. The van der Waals surface area contributed by atoms with Gasteiger partial charge in [-0.2, -0.15) is 0 Å². The van der Waals surface area contributed by atoms with Crippen LogP contribution in [0.1, 0.15) is 5.56 Å². The smallest absolute Gasteiger partial charge is 0.146 e. The van der Waals surface area contributed by atoms with Crippen LogP contribution in [0.5, 0.6) is 5.75 Å². The van der Waals surface area contributed by atoms with Gasteiger partial charge in [-0.15, -0.1) is 0 Å². The van der Waals surface area contributed by atoms with Crippen molar-refractivity contribution in [3.8, 4) is 5.75 Å². The topological polar surface area (TPSA) is 9.23 Å². The maximum absolute atomic E-state index is 13.6. The molecule has 94 valence electrons. The molecule has 0 aromatic heterocycles. The van der Waals surface area contributed by atoms with E-state index in [9.17, 15) is 13.2 Å². The molecule has 0 bridgehead atoms. The summed E-state index contributed by atoms with van der Waals surface area (Å²) in [4.78, 5) is 0. The number of hydrogen-bond donors (Lipinski definition) is 0. The van der Waals surface area contributed by atoms with Crippen molar-refractivity contribution < 1.29 is 17.9 Å². The molecule has 1 nitrogen and oxygen atoms in total. The van der Waals surface area contributed by atoms with E-state index in [0.29, 0.717) is 5.75 Å². The van der Waals surface area contributed by atoms with Crippen LogP contribution in [-0.2, 0) is 6.61 Å². The van der Waals surface area contributed by atoms with E-state index in [1.165, 1.54) is 30.3 Å². The summed E-state index contributed by atoms with van der Waals surface area (Å²) in [7, 11) is 0. The lowest BCUT2D eigenvalue weighted by Gasteiger charge is -2.09. The highest BCUT2D eigenvalue weighted by molar-refractivity contribution is 9.10. The highest BCUT2D eigenvalue weighted by atomic mass is 79.9. The van der Waals surface area contributed by atoms with E-state index in [1.807, 2.05) is 0 Å². The molecule has 0 unspecified atom stereocenters. The molecule has 0 fully saturated rings. The van der Waals surface area contributed by atoms with Crippen LogP contribution < -0.4 is 4.74 Å². The molecule has 0 spiro atoms. The molecule has 0 aliphatic rings. The molecule has 0 aliphatic heterocycles. The van der Waals surface area contributed by atoms with Crippen LogP contribution in [0.25, 0.3) is 0 Å². The summed E-state index contributed by atoms with van der Waals surface area (Å²) in [5.41, 5.74) is -0.172. The van der Waals surface area contributed by atoms with E-state index in [-0.39, 0.29) is 16.6 Å². The van der Waals surface area contributed by atoms with E-state index in [0.717, 1.165) is 6.07 Å². The van der Waals surface area contributed by atoms with Crippen molar-refractivity contribution in [1.29, 1.82) is 0 Å². The van der Waals surface area contributed by atoms with Gasteiger partial charge in [-0.05, 0) is 52.3 Å². The SMILES string of the molecule is Fc1ccc(OCc2c(F)ccc(Br)c2F)cc1. The zero-order valence-corrected chi connectivity index (χ0v) is 10.7. The van der Waals surface area contributed by atoms with Gasteiger partial charge in [0, 0.05) is 0 Å². The first kappa shape index (κ1) is 13.0. The van der Waals surface area contributed by atoms with E-state index in [4.69, 9.17) is 4.74 Å². The Labute approximate surface area is 110 Å². The van der Waals surface area contributed by atoms with Gasteiger partial charge in [-0.1, -0.05) is 0 Å². The fourth-order valence-electron chi connectivity index (χ4n) is 1.39. The summed E-state index contributed by atoms with van der Waals surface area (Å²) in [5.74, 6) is -1.44. The van der Waals surface area contributed by atoms with Crippen LogP contribution in [0.2, 0.25) is 0 Å². The van der Waals surface area contributed by atoms with Gasteiger partial charge in [0.1, 0.15) is 29.8 Å². The Hall–Kier alpha value is -1.49. The van der Waals surface area contributed by atoms with Gasteiger partial charge in [-0.3, -0.25) is 0 Å². The van der Waals surface area contributed by atoms with Gasteiger partial charge >= 0.3 is 0 Å². The van der Waals surface area contributed by atoms with Gasteiger partial charge in [0.15, 0.2) is 0 Å². The van der Waals surface area contributed by atoms with Crippen LogP contribution in [0.15, 0.2) is 40.9 Å². The van der Waals surface area contributed by atoms with Crippen molar-refractivity contribution in [3.05, 3.63) is 63.9 Å². The maximum atomic E-state index is 13.6. The highest BCUT2D eigenvalue weighted by Crippen LogP contribution is 2.23. The fraction of sp³-hybridized carbons (Fsp3) is 0.0769. The Morgan fingerprint density at radius 1 is 0.944 bits per heavy atom. The van der Waals surface area contributed by atoms with Crippen LogP contribution in [0, 0.1) is 17.5 Å². The van der Waals surface area contributed by atoms with E-state index >= 15 is 0 Å². The summed E-state index contributed by atoms with van der Waals surface area (Å²) in [5, 5.41) is 0. The third-order valence-electron chi connectivity index (χ3n) is 2.34. The van der Waals surface area contributed by atoms with Crippen molar-refractivity contribution in [2.45, 2.75) is 6.61 Å². The quantitative estimate of drug-likeness (QED) is 0.760. The van der Waals surface area contributed by atoms with Crippen molar-refractivity contribution in [2.24, 2.45) is 0 Å². The zero-order chi connectivity index (χ0) is 13.1. The standard InChI is InChI=1S/C13H8BrF3O/c14-11-5-6-12(16)10(13(11)17)7-18-9-3-1-8(15)2-4-9/h1-6H,7H2. The van der Waals surface area contributed by atoms with Crippen LogP contribution in [-0.4, -0.2) is 0 Å². The molecular weight excluding hydrogens is 309 g/mol. The molecule has 0 amide bonds. The van der Waals surface area contributed by atoms with Crippen molar-refractivity contribution >= 4 is 15.9 Å². The molecule has 0 radical (unpaired) electrons. The Morgan fingerprint density at radius 3 is 2.28 bits per heavy atom. The third kappa shape index (κ3) is 2.85. The minimum atomic E-state index is -0.697. The van der Waals surface area contributed by atoms with E-state index in [2.05, 4.69) is 15.9 Å². The Bertz CT molecular complexity index is 555. The lowest BCUT2D eigenvalue weighted by atomic mass is 10.2. The molecule has 0 saturated heterocycles. The molecule has 18 heavy (non-hydrogen) atoms. The van der Waals surface area contributed by atoms with Crippen LogP contribution in [0.3, 0.4) is 0 Å². The number of benzene rings is 2. The average molecular weight is 317 g/mol. The second-order valence-electron chi connectivity index (χ2n) is 3.56. The summed E-state index contributed by atoms with van der Waals surface area (Å²) < 4.78 is 45.0. The van der Waals surface area contributed by atoms with Crippen molar-refractivity contribution in [3.63, 3.8) is 0 Å². The third-order valence-corrected chi connectivity index (χ3v) is 2.95. The van der Waals surface area contributed by atoms with Gasteiger partial charge in [0.2, 0.25) is 0 Å². The Morgan fingerprint density at radius 2 is 1.61 bits per heavy atom. The van der Waals surface area contributed by atoms with Gasteiger partial charge in [0.05, 0.1) is 10.0 Å². The maximum Gasteiger partial charge on any atom is 0.146 e. The minimum Gasteiger partial charge on any atom is -0.489 e. The predicted octanol–water partition coefficient (Wildman–Crippen LogP) is 4.45. The minimum absolute atomic E-state index is 0.168. The number of ether oxygens (including phenoxy) is 1. The Balaban J connectivity index is 2.15. The normalized spacial score (nSPS) is 10.4. The van der Waals surface area contributed by atoms with Crippen LogP contribution >= 0.6 is 15.9 Å². The Kier molecular flexibility index (Phi) is 3.91. The molecule has 2 aromatic rings. The number of rotatable bonds is 3. The fourth-order valence-corrected chi connectivity index (χ4v) is 1.76. The highest BCUT2D eigenvalue weighted by Gasteiger charge is 2.12. The summed E-state index contributed by atoms with van der Waals surface area (Å²) >= 11 is 2.97. The van der Waals surface area contributed by atoms with Gasteiger partial charge in [-0.25, -0.2) is 13.2 Å². The average Bonchev–Trinajstić information content (AvgIpc) is 2.36. The summed E-state index contributed by atoms with van der Waals surface area (Å²) in [6.07, 6.45) is 0. The lowest BCUT2D eigenvalue weighted by molar-refractivity contribution is 0.292. The summed E-state index contributed by atoms with van der Waals surface area (Å²) in [6.45, 7) is -0.261. The van der Waals surface area contributed by atoms with Gasteiger partial charge in [0.25, 0.3) is 0 Å². The van der Waals surface area contributed by atoms with E-state index < -0.39 is 17.5 Å². The molecule has 5 heteroatoms. The number of hydrogen-bond acceptors (Lipinski definition) is 1. The summed E-state index contributed by atoms with van der Waals surface area (Å²) in [6, 6.07) is 7.64. The van der Waals surface area contributed by atoms with Crippen molar-refractivity contribution in [2.75, 3.05) is 0 Å². The molecule has 2 rings (SSSR count). The first-order valence-corrected chi connectivity index (χ1v) is 5.88. The van der Waals surface area contributed by atoms with Crippen LogP contribution in [0.4, 0.5) is 13.2 Å². The largest absolute Gasteiger partial charge is 0.489 e. The first-order valence-electron chi connectivity index (χ1n) is 5.08. The zero-order valence-electron chi connectivity index (χ0n) is 9.09. The molecule has 2 aromatic carbocycles. The molecular formula is C13H8BrF3O. The second-order valence-corrected chi connectivity index (χ2v) is 4.42. The first-order chi connectivity index (χ1) is 8.58. The predicted molar refractivity (Wildman–Crippen MR) is 64.8 cm³/mol. The second kappa shape index (κ2) is 5.44.